The largest absolute Gasteiger partial charge is 0.390 e. The summed E-state index contributed by atoms with van der Waals surface area (Å²) in [6, 6.07) is 20.8. The number of hydrogen-bond acceptors (Lipinski definition) is 5. The van der Waals surface area contributed by atoms with Gasteiger partial charge < -0.3 is 26.4 Å². The molecule has 0 saturated heterocycles. The number of nitrogens with two attached hydrogens (primary N) is 2. The topological polar surface area (TPSA) is 130 Å². The van der Waals surface area contributed by atoms with E-state index in [-0.39, 0.29) is 35.7 Å². The van der Waals surface area contributed by atoms with Crippen molar-refractivity contribution in [2.24, 2.45) is 11.5 Å². The Bertz CT molecular complexity index is 1330. The molecule has 41 heavy (non-hydrogen) atoms. The summed E-state index contributed by atoms with van der Waals surface area (Å²) < 4.78 is 0.911. The maximum Gasteiger partial charge on any atom is 0.254 e. The minimum absolute atomic E-state index is 0.0508. The normalized spacial score (nSPS) is 12.4. The molecule has 3 aromatic carbocycles. The lowest BCUT2D eigenvalue weighted by Gasteiger charge is -2.29. The first-order valence-corrected chi connectivity index (χ1v) is 14.7. The average molecular weight is 624 g/mol. The van der Waals surface area contributed by atoms with E-state index in [9.17, 15) is 19.5 Å². The first-order chi connectivity index (χ1) is 19.6. The standard InChI is InChI=1S/C32H39BrN4O4/c1-3-13-36(14-4-2)31(40)25-17-24(30(35)39)18-26(19-25)32(41)37(20-22-9-6-5-7-10-22)21-29(38)28(34)16-23-11-8-12-27(33)15-23/h5-12,15,17-19,28-29,38H,3-4,13-14,16,20-21,34H2,1-2H3,(H2,35,39)/t28-,29+/m0/s1. The maximum absolute atomic E-state index is 14.0. The molecular weight excluding hydrogens is 584 g/mol. The monoisotopic (exact) mass is 622 g/mol. The van der Waals surface area contributed by atoms with E-state index in [0.29, 0.717) is 19.5 Å². The molecule has 3 aromatic rings. The van der Waals surface area contributed by atoms with Crippen LogP contribution in [0.4, 0.5) is 0 Å². The second-order valence-electron chi connectivity index (χ2n) is 10.2. The van der Waals surface area contributed by atoms with Gasteiger partial charge in [-0.25, -0.2) is 0 Å². The average Bonchev–Trinajstić information content (AvgIpc) is 2.96. The highest BCUT2D eigenvalue weighted by atomic mass is 79.9. The number of carbonyl (C=O) groups excluding carboxylic acids is 3. The Morgan fingerprint density at radius 3 is 1.93 bits per heavy atom. The maximum atomic E-state index is 14.0. The van der Waals surface area contributed by atoms with Gasteiger partial charge in [-0.05, 0) is 60.7 Å². The molecule has 5 N–H and O–H groups in total. The molecule has 3 amide bonds. The summed E-state index contributed by atoms with van der Waals surface area (Å²) in [6.07, 6.45) is 0.923. The molecule has 8 nitrogen and oxygen atoms in total. The number of hydrogen-bond donors (Lipinski definition) is 3. The van der Waals surface area contributed by atoms with Crippen molar-refractivity contribution in [3.05, 3.63) is 105 Å². The molecule has 0 aromatic heterocycles. The van der Waals surface area contributed by atoms with Crippen LogP contribution in [-0.2, 0) is 13.0 Å². The molecule has 0 aliphatic rings. The number of benzene rings is 3. The zero-order chi connectivity index (χ0) is 29.9. The third kappa shape index (κ3) is 9.24. The van der Waals surface area contributed by atoms with E-state index >= 15 is 0 Å². The number of rotatable bonds is 14. The molecule has 0 fully saturated rings. The molecule has 0 saturated carbocycles. The van der Waals surface area contributed by atoms with Crippen LogP contribution in [0.15, 0.2) is 77.3 Å². The molecule has 0 radical (unpaired) electrons. The number of primary amides is 1. The van der Waals surface area contributed by atoms with Gasteiger partial charge in [-0.3, -0.25) is 14.4 Å². The molecule has 0 aliphatic carbocycles. The molecule has 0 heterocycles. The number of aliphatic hydroxyl groups is 1. The van der Waals surface area contributed by atoms with E-state index in [1.165, 1.54) is 23.1 Å². The van der Waals surface area contributed by atoms with Gasteiger partial charge in [0.15, 0.2) is 0 Å². The molecule has 0 bridgehead atoms. The van der Waals surface area contributed by atoms with Gasteiger partial charge in [0.05, 0.1) is 6.10 Å². The predicted molar refractivity (Wildman–Crippen MR) is 164 cm³/mol. The number of nitrogens with zero attached hydrogens (tertiary/aromatic N) is 2. The molecule has 9 heteroatoms. The summed E-state index contributed by atoms with van der Waals surface area (Å²) in [5, 5.41) is 11.1. The molecule has 2 atom stereocenters. The van der Waals surface area contributed by atoms with Crippen LogP contribution < -0.4 is 11.5 Å². The minimum atomic E-state index is -1.04. The SMILES string of the molecule is CCCN(CCC)C(=O)c1cc(C(N)=O)cc(C(=O)N(Cc2ccccc2)C[C@@H](O)[C@@H](N)Cc2cccc(Br)c2)c1. The van der Waals surface area contributed by atoms with Crippen molar-refractivity contribution < 1.29 is 19.5 Å². The van der Waals surface area contributed by atoms with Crippen molar-refractivity contribution in [2.45, 2.75) is 51.8 Å². The van der Waals surface area contributed by atoms with E-state index in [1.54, 1.807) is 4.90 Å². The van der Waals surface area contributed by atoms with Crippen molar-refractivity contribution >= 4 is 33.7 Å². The summed E-state index contributed by atoms with van der Waals surface area (Å²) in [5.74, 6) is -1.45. The fourth-order valence-electron chi connectivity index (χ4n) is 4.69. The molecular formula is C32H39BrN4O4. The minimum Gasteiger partial charge on any atom is -0.390 e. The first kappa shape index (κ1) is 32.0. The quantitative estimate of drug-likeness (QED) is 0.246. The van der Waals surface area contributed by atoms with E-state index < -0.39 is 24.0 Å². The van der Waals surface area contributed by atoms with E-state index in [1.807, 2.05) is 68.4 Å². The lowest BCUT2D eigenvalue weighted by atomic mass is 10.00. The summed E-state index contributed by atoms with van der Waals surface area (Å²) in [6.45, 7) is 5.22. The summed E-state index contributed by atoms with van der Waals surface area (Å²) in [7, 11) is 0. The van der Waals surface area contributed by atoms with Gasteiger partial charge >= 0.3 is 0 Å². The summed E-state index contributed by atoms with van der Waals surface area (Å²) >= 11 is 3.45. The van der Waals surface area contributed by atoms with Gasteiger partial charge in [0.25, 0.3) is 11.8 Å². The highest BCUT2D eigenvalue weighted by Gasteiger charge is 2.26. The summed E-state index contributed by atoms with van der Waals surface area (Å²) in [5.41, 5.74) is 14.2. The van der Waals surface area contributed by atoms with Crippen molar-refractivity contribution in [3.8, 4) is 0 Å². The van der Waals surface area contributed by atoms with Crippen molar-refractivity contribution in [2.75, 3.05) is 19.6 Å². The Morgan fingerprint density at radius 1 is 0.805 bits per heavy atom. The molecule has 3 rings (SSSR count). The van der Waals surface area contributed by atoms with Gasteiger partial charge in [-0.2, -0.15) is 0 Å². The van der Waals surface area contributed by atoms with Crippen LogP contribution in [-0.4, -0.2) is 64.4 Å². The predicted octanol–water partition coefficient (Wildman–Crippen LogP) is 4.38. The van der Waals surface area contributed by atoms with E-state index in [0.717, 1.165) is 28.4 Å². The van der Waals surface area contributed by atoms with Crippen molar-refractivity contribution in [3.63, 3.8) is 0 Å². The Hall–Kier alpha value is -3.53. The van der Waals surface area contributed by atoms with Crippen LogP contribution in [0.1, 0.15) is 68.9 Å². The number of aliphatic hydroxyl groups excluding tert-OH is 1. The first-order valence-electron chi connectivity index (χ1n) is 13.9. The van der Waals surface area contributed by atoms with Crippen LogP contribution in [0.2, 0.25) is 0 Å². The highest BCUT2D eigenvalue weighted by Crippen LogP contribution is 2.19. The zero-order valence-corrected chi connectivity index (χ0v) is 25.2. The van der Waals surface area contributed by atoms with Crippen LogP contribution in [0, 0.1) is 0 Å². The lowest BCUT2D eigenvalue weighted by molar-refractivity contribution is 0.0554. The second kappa shape index (κ2) is 15.5. The number of carbonyl (C=O) groups is 3. The Kier molecular flexibility index (Phi) is 12.1. The number of amides is 3. The van der Waals surface area contributed by atoms with Crippen LogP contribution in [0.3, 0.4) is 0 Å². The molecule has 0 unspecified atom stereocenters. The third-order valence-electron chi connectivity index (χ3n) is 6.75. The smallest absolute Gasteiger partial charge is 0.254 e. The molecule has 218 valence electrons. The Labute approximate surface area is 250 Å². The lowest BCUT2D eigenvalue weighted by Crippen LogP contribution is -2.46. The molecule has 0 aliphatic heterocycles. The van der Waals surface area contributed by atoms with Gasteiger partial charge in [0.2, 0.25) is 5.91 Å². The van der Waals surface area contributed by atoms with Crippen LogP contribution in [0.5, 0.6) is 0 Å². The Balaban J connectivity index is 1.94. The van der Waals surface area contributed by atoms with Crippen molar-refractivity contribution in [1.29, 1.82) is 0 Å². The Morgan fingerprint density at radius 2 is 1.37 bits per heavy atom. The fraction of sp³-hybridized carbons (Fsp3) is 0.344. The van der Waals surface area contributed by atoms with Gasteiger partial charge in [-0.15, -0.1) is 0 Å². The van der Waals surface area contributed by atoms with Crippen molar-refractivity contribution in [1.82, 2.24) is 9.80 Å². The summed E-state index contributed by atoms with van der Waals surface area (Å²) in [4.78, 5) is 42.8. The zero-order valence-electron chi connectivity index (χ0n) is 23.6. The van der Waals surface area contributed by atoms with E-state index in [2.05, 4.69) is 15.9 Å². The number of halogens is 1. The highest BCUT2D eigenvalue weighted by molar-refractivity contribution is 9.10. The van der Waals surface area contributed by atoms with Gasteiger partial charge in [0.1, 0.15) is 0 Å². The van der Waals surface area contributed by atoms with E-state index in [4.69, 9.17) is 11.5 Å². The second-order valence-corrected chi connectivity index (χ2v) is 11.1. The third-order valence-corrected chi connectivity index (χ3v) is 7.24. The molecule has 0 spiro atoms. The van der Waals surface area contributed by atoms with Crippen LogP contribution >= 0.6 is 15.9 Å². The fourth-order valence-corrected chi connectivity index (χ4v) is 5.14. The van der Waals surface area contributed by atoms with Gasteiger partial charge in [-0.1, -0.05) is 72.2 Å². The van der Waals surface area contributed by atoms with Gasteiger partial charge in [0, 0.05) is 53.4 Å². The van der Waals surface area contributed by atoms with Crippen LogP contribution in [0.25, 0.3) is 0 Å².